The molecule has 0 spiro atoms. The van der Waals surface area contributed by atoms with Crippen LogP contribution < -0.4 is 0 Å². The van der Waals surface area contributed by atoms with Crippen LogP contribution in [0.15, 0.2) is 158 Å². The van der Waals surface area contributed by atoms with Gasteiger partial charge >= 0.3 is 0 Å². The van der Waals surface area contributed by atoms with Gasteiger partial charge in [-0.15, -0.1) is 0 Å². The zero-order valence-electron chi connectivity index (χ0n) is 24.8. The third kappa shape index (κ3) is 3.55. The molecule has 0 atom stereocenters. The van der Waals surface area contributed by atoms with E-state index in [1.165, 1.54) is 43.4 Å². The topological polar surface area (TPSA) is 35.6 Å². The maximum atomic E-state index is 5.33. The molecule has 0 aliphatic heterocycles. The molecular formula is C42H26N4. The summed E-state index contributed by atoms with van der Waals surface area (Å²) < 4.78 is 4.73. The van der Waals surface area contributed by atoms with Gasteiger partial charge in [-0.05, 0) is 59.3 Å². The molecule has 0 saturated carbocycles. The summed E-state index contributed by atoms with van der Waals surface area (Å²) in [5.74, 6) is 0.826. The zero-order valence-corrected chi connectivity index (χ0v) is 24.8. The van der Waals surface area contributed by atoms with Crippen molar-refractivity contribution in [3.05, 3.63) is 158 Å². The van der Waals surface area contributed by atoms with Crippen molar-refractivity contribution in [3.63, 3.8) is 0 Å². The monoisotopic (exact) mass is 586 g/mol. The van der Waals surface area contributed by atoms with E-state index in [9.17, 15) is 0 Å². The van der Waals surface area contributed by atoms with Crippen LogP contribution in [0.4, 0.5) is 0 Å². The van der Waals surface area contributed by atoms with Crippen molar-refractivity contribution >= 4 is 65.4 Å². The molecule has 0 radical (unpaired) electrons. The Morgan fingerprint density at radius 3 is 1.85 bits per heavy atom. The van der Waals surface area contributed by atoms with Gasteiger partial charge in [0.2, 0.25) is 0 Å². The Bertz CT molecular complexity index is 2790. The number of para-hydroxylation sites is 4. The van der Waals surface area contributed by atoms with Crippen molar-refractivity contribution in [2.45, 2.75) is 0 Å². The Kier molecular flexibility index (Phi) is 5.25. The number of rotatable bonds is 3. The first-order valence-corrected chi connectivity index (χ1v) is 15.6. The molecule has 0 N–H and O–H groups in total. The first-order valence-electron chi connectivity index (χ1n) is 15.6. The molecule has 3 heterocycles. The summed E-state index contributed by atoms with van der Waals surface area (Å²) in [6, 6.07) is 55.9. The van der Waals surface area contributed by atoms with E-state index in [0.29, 0.717) is 0 Å². The van der Waals surface area contributed by atoms with Crippen LogP contribution in [0.5, 0.6) is 0 Å². The first-order chi connectivity index (χ1) is 22.8. The van der Waals surface area contributed by atoms with E-state index in [4.69, 9.17) is 9.97 Å². The van der Waals surface area contributed by atoms with E-state index in [1.807, 2.05) is 30.3 Å². The molecule has 0 aliphatic carbocycles. The van der Waals surface area contributed by atoms with Gasteiger partial charge in [-0.25, -0.2) is 9.97 Å². The Morgan fingerprint density at radius 1 is 0.391 bits per heavy atom. The summed E-state index contributed by atoms with van der Waals surface area (Å²) in [5.41, 5.74) is 9.38. The third-order valence-corrected chi connectivity index (χ3v) is 9.27. The SMILES string of the molecule is c1ccc(-c2nc3ccccc3nc2-n2c3ccccc3c3cc4c(cc32)c2c3ccccc3ccc2n4-c2ccccc2)cc1. The highest BCUT2D eigenvalue weighted by Gasteiger charge is 2.22. The van der Waals surface area contributed by atoms with Crippen LogP contribution in [0.1, 0.15) is 0 Å². The minimum absolute atomic E-state index is 0.826. The summed E-state index contributed by atoms with van der Waals surface area (Å²) in [7, 11) is 0. The van der Waals surface area contributed by atoms with Crippen molar-refractivity contribution in [1.82, 2.24) is 19.1 Å². The number of aromatic nitrogens is 4. The van der Waals surface area contributed by atoms with Gasteiger partial charge in [0.15, 0.2) is 5.82 Å². The summed E-state index contributed by atoms with van der Waals surface area (Å²) in [5, 5.41) is 7.31. The predicted octanol–water partition coefficient (Wildman–Crippen LogP) is 10.6. The predicted molar refractivity (Wildman–Crippen MR) is 191 cm³/mol. The quantitative estimate of drug-likeness (QED) is 0.206. The second-order valence-corrected chi connectivity index (χ2v) is 11.8. The van der Waals surface area contributed by atoms with Crippen molar-refractivity contribution in [2.24, 2.45) is 0 Å². The Morgan fingerprint density at radius 2 is 1.02 bits per heavy atom. The molecule has 0 amide bonds. The molecular weight excluding hydrogens is 560 g/mol. The van der Waals surface area contributed by atoms with Crippen molar-refractivity contribution in [1.29, 1.82) is 0 Å². The largest absolute Gasteiger partial charge is 0.309 e. The van der Waals surface area contributed by atoms with E-state index in [-0.39, 0.29) is 0 Å². The minimum Gasteiger partial charge on any atom is -0.309 e. The molecule has 0 aliphatic rings. The average molecular weight is 587 g/mol. The van der Waals surface area contributed by atoms with Gasteiger partial charge in [-0.1, -0.05) is 109 Å². The summed E-state index contributed by atoms with van der Waals surface area (Å²) >= 11 is 0. The molecule has 0 fully saturated rings. The molecule has 46 heavy (non-hydrogen) atoms. The Labute approximate surface area is 264 Å². The molecule has 10 aromatic rings. The fourth-order valence-electron chi connectivity index (χ4n) is 7.27. The van der Waals surface area contributed by atoms with Crippen LogP contribution in [0.3, 0.4) is 0 Å². The normalized spacial score (nSPS) is 11.9. The molecule has 7 aromatic carbocycles. The van der Waals surface area contributed by atoms with Crippen LogP contribution in [-0.4, -0.2) is 19.1 Å². The molecule has 214 valence electrons. The number of benzene rings is 7. The molecule has 0 saturated heterocycles. The second-order valence-electron chi connectivity index (χ2n) is 11.8. The van der Waals surface area contributed by atoms with Crippen molar-refractivity contribution < 1.29 is 0 Å². The van der Waals surface area contributed by atoms with Gasteiger partial charge in [0.1, 0.15) is 5.69 Å². The van der Waals surface area contributed by atoms with E-state index in [0.717, 1.165) is 44.8 Å². The standard InChI is InChI=1S/C42H26N4/c1-3-14-28(15-4-1)41-42(44-35-21-11-10-20-34(35)43-41)46-36-22-12-9-19-31(36)32-25-39-33(26-38(32)46)40-30-18-8-7-13-27(30)23-24-37(40)45(39)29-16-5-2-6-17-29/h1-26H. The lowest BCUT2D eigenvalue weighted by atomic mass is 10.0. The maximum Gasteiger partial charge on any atom is 0.165 e. The second kappa shape index (κ2) is 9.62. The smallest absolute Gasteiger partial charge is 0.165 e. The van der Waals surface area contributed by atoms with Crippen LogP contribution in [0, 0.1) is 0 Å². The Balaban J connectivity index is 1.41. The lowest BCUT2D eigenvalue weighted by Crippen LogP contribution is -2.03. The van der Waals surface area contributed by atoms with E-state index in [1.54, 1.807) is 0 Å². The van der Waals surface area contributed by atoms with Gasteiger partial charge < -0.3 is 4.57 Å². The molecule has 10 rings (SSSR count). The van der Waals surface area contributed by atoms with E-state index >= 15 is 0 Å². The number of hydrogen-bond acceptors (Lipinski definition) is 2. The summed E-state index contributed by atoms with van der Waals surface area (Å²) in [4.78, 5) is 10.6. The minimum atomic E-state index is 0.826. The molecule has 3 aromatic heterocycles. The van der Waals surface area contributed by atoms with Crippen LogP contribution >= 0.6 is 0 Å². The van der Waals surface area contributed by atoms with Gasteiger partial charge in [0, 0.05) is 32.8 Å². The highest BCUT2D eigenvalue weighted by Crippen LogP contribution is 2.42. The van der Waals surface area contributed by atoms with Crippen LogP contribution in [-0.2, 0) is 0 Å². The fourth-order valence-corrected chi connectivity index (χ4v) is 7.27. The highest BCUT2D eigenvalue weighted by atomic mass is 15.1. The maximum absolute atomic E-state index is 5.33. The highest BCUT2D eigenvalue weighted by molar-refractivity contribution is 6.25. The Hall–Kier alpha value is -6.26. The average Bonchev–Trinajstić information content (AvgIpc) is 3.63. The van der Waals surface area contributed by atoms with E-state index in [2.05, 4.69) is 137 Å². The van der Waals surface area contributed by atoms with Crippen molar-refractivity contribution in [2.75, 3.05) is 0 Å². The van der Waals surface area contributed by atoms with Gasteiger partial charge in [0.25, 0.3) is 0 Å². The molecule has 4 nitrogen and oxygen atoms in total. The van der Waals surface area contributed by atoms with E-state index < -0.39 is 0 Å². The lowest BCUT2D eigenvalue weighted by molar-refractivity contribution is 1.08. The van der Waals surface area contributed by atoms with Gasteiger partial charge in [-0.2, -0.15) is 0 Å². The lowest BCUT2D eigenvalue weighted by Gasteiger charge is -2.14. The first kappa shape index (κ1) is 25.1. The molecule has 0 bridgehead atoms. The van der Waals surface area contributed by atoms with Crippen LogP contribution in [0.2, 0.25) is 0 Å². The van der Waals surface area contributed by atoms with Gasteiger partial charge in [0.05, 0.1) is 33.1 Å². The number of nitrogens with zero attached hydrogens (tertiary/aromatic N) is 4. The number of hydrogen-bond donors (Lipinski definition) is 0. The fraction of sp³-hybridized carbons (Fsp3) is 0. The number of fused-ring (bicyclic) bond motifs is 9. The molecule has 0 unspecified atom stereocenters. The zero-order chi connectivity index (χ0) is 30.2. The van der Waals surface area contributed by atoms with Crippen LogP contribution in [0.25, 0.3) is 88.2 Å². The summed E-state index contributed by atoms with van der Waals surface area (Å²) in [6.07, 6.45) is 0. The third-order valence-electron chi connectivity index (χ3n) is 9.27. The molecule has 4 heteroatoms. The summed E-state index contributed by atoms with van der Waals surface area (Å²) in [6.45, 7) is 0. The van der Waals surface area contributed by atoms with Crippen molar-refractivity contribution in [3.8, 4) is 22.8 Å². The van der Waals surface area contributed by atoms with Gasteiger partial charge in [-0.3, -0.25) is 4.57 Å².